The van der Waals surface area contributed by atoms with Gasteiger partial charge in [0.1, 0.15) is 0 Å². The summed E-state index contributed by atoms with van der Waals surface area (Å²) in [5.74, 6) is -0.0449. The Hall–Kier alpha value is -1.40. The number of ether oxygens (including phenoxy) is 1. The standard InChI is InChI=1S/C70H137NO5/c1-3-5-7-9-11-13-15-17-19-20-21-25-28-31-35-38-42-46-50-54-58-62-68(73)67(66-72)71-69(74)63-59-55-51-47-43-39-36-32-29-26-23-22-24-27-30-33-37-41-45-49-53-57-61-65-76-70(75)64-60-56-52-48-44-40-34-18-16-14-12-10-8-6-4-2/h58,62,67-68,72-73H,3-57,59-61,63-66H2,1-2H3,(H,71,74)/b62-58+. The number of aliphatic hydroxyl groups is 2. The monoisotopic (exact) mass is 1070 g/mol. The van der Waals surface area contributed by atoms with E-state index in [1.807, 2.05) is 6.08 Å². The number of unbranched alkanes of at least 4 members (excludes halogenated alkanes) is 55. The first-order chi connectivity index (χ1) is 37.5. The molecule has 0 saturated carbocycles. The second-order valence-corrected chi connectivity index (χ2v) is 24.2. The molecule has 0 aliphatic rings. The lowest BCUT2D eigenvalue weighted by Gasteiger charge is -2.20. The van der Waals surface area contributed by atoms with Crippen molar-refractivity contribution in [1.29, 1.82) is 0 Å². The molecule has 0 bridgehead atoms. The molecule has 3 N–H and O–H groups in total. The number of carbonyl (C=O) groups excluding carboxylic acids is 2. The Kier molecular flexibility index (Phi) is 64.9. The Labute approximate surface area is 476 Å². The molecule has 2 atom stereocenters. The number of esters is 1. The zero-order chi connectivity index (χ0) is 55.0. The van der Waals surface area contributed by atoms with E-state index in [4.69, 9.17) is 4.74 Å². The lowest BCUT2D eigenvalue weighted by Crippen LogP contribution is -2.45. The molecule has 0 radical (unpaired) electrons. The summed E-state index contributed by atoms with van der Waals surface area (Å²) in [6, 6.07) is -0.628. The molecule has 0 aromatic carbocycles. The van der Waals surface area contributed by atoms with Crippen molar-refractivity contribution in [2.45, 2.75) is 411 Å². The molecule has 2 unspecified atom stereocenters. The largest absolute Gasteiger partial charge is 0.466 e. The van der Waals surface area contributed by atoms with Crippen molar-refractivity contribution < 1.29 is 24.5 Å². The number of carbonyl (C=O) groups is 2. The third kappa shape index (κ3) is 61.8. The number of hydrogen-bond donors (Lipinski definition) is 3. The van der Waals surface area contributed by atoms with Crippen LogP contribution in [0.1, 0.15) is 399 Å². The molecular weight excluding hydrogens is 935 g/mol. The number of aliphatic hydroxyl groups excluding tert-OH is 2. The zero-order valence-corrected chi connectivity index (χ0v) is 51.8. The van der Waals surface area contributed by atoms with E-state index in [2.05, 4.69) is 19.2 Å². The van der Waals surface area contributed by atoms with Gasteiger partial charge in [0.25, 0.3) is 0 Å². The molecule has 0 aromatic heterocycles. The molecule has 1 amide bonds. The summed E-state index contributed by atoms with van der Waals surface area (Å²) in [6.07, 6.45) is 81.4. The van der Waals surface area contributed by atoms with Gasteiger partial charge in [-0.15, -0.1) is 0 Å². The number of nitrogens with one attached hydrogen (secondary N) is 1. The fourth-order valence-electron chi connectivity index (χ4n) is 11.2. The molecular formula is C70H137NO5. The summed E-state index contributed by atoms with van der Waals surface area (Å²) >= 11 is 0. The van der Waals surface area contributed by atoms with Gasteiger partial charge in [-0.05, 0) is 32.1 Å². The van der Waals surface area contributed by atoms with Crippen molar-refractivity contribution in [2.24, 2.45) is 0 Å². The van der Waals surface area contributed by atoms with Crippen LogP contribution < -0.4 is 5.32 Å². The summed E-state index contributed by atoms with van der Waals surface area (Å²) in [4.78, 5) is 24.6. The van der Waals surface area contributed by atoms with Crippen molar-refractivity contribution >= 4 is 11.9 Å². The average molecular weight is 1070 g/mol. The minimum Gasteiger partial charge on any atom is -0.466 e. The Bertz CT molecular complexity index is 1140. The van der Waals surface area contributed by atoms with E-state index in [9.17, 15) is 19.8 Å². The maximum Gasteiger partial charge on any atom is 0.305 e. The normalized spacial score (nSPS) is 12.5. The second kappa shape index (κ2) is 66.1. The fraction of sp³-hybridized carbons (Fsp3) is 0.943. The van der Waals surface area contributed by atoms with E-state index < -0.39 is 12.1 Å². The maximum atomic E-state index is 12.5. The van der Waals surface area contributed by atoms with Crippen LogP contribution >= 0.6 is 0 Å². The molecule has 0 aliphatic carbocycles. The van der Waals surface area contributed by atoms with E-state index in [-0.39, 0.29) is 18.5 Å². The zero-order valence-electron chi connectivity index (χ0n) is 51.8. The highest BCUT2D eigenvalue weighted by Gasteiger charge is 2.18. The van der Waals surface area contributed by atoms with Gasteiger partial charge in [0.05, 0.1) is 25.4 Å². The van der Waals surface area contributed by atoms with Crippen molar-refractivity contribution in [3.05, 3.63) is 12.2 Å². The van der Waals surface area contributed by atoms with Crippen LogP contribution in [0.2, 0.25) is 0 Å². The first-order valence-electron chi connectivity index (χ1n) is 35.0. The molecule has 0 spiro atoms. The van der Waals surface area contributed by atoms with Crippen LogP contribution in [0.4, 0.5) is 0 Å². The van der Waals surface area contributed by atoms with Crippen LogP contribution in [-0.2, 0) is 14.3 Å². The van der Waals surface area contributed by atoms with Gasteiger partial charge in [0.2, 0.25) is 5.91 Å². The van der Waals surface area contributed by atoms with E-state index in [0.29, 0.717) is 19.4 Å². The van der Waals surface area contributed by atoms with Gasteiger partial charge < -0.3 is 20.3 Å². The molecule has 0 aromatic rings. The van der Waals surface area contributed by atoms with Crippen molar-refractivity contribution in [2.75, 3.05) is 13.2 Å². The minimum absolute atomic E-state index is 0.0179. The highest BCUT2D eigenvalue weighted by atomic mass is 16.5. The summed E-state index contributed by atoms with van der Waals surface area (Å²) in [6.45, 7) is 4.95. The second-order valence-electron chi connectivity index (χ2n) is 24.2. The average Bonchev–Trinajstić information content (AvgIpc) is 3.42. The molecule has 0 rings (SSSR count). The van der Waals surface area contributed by atoms with Crippen LogP contribution in [0.25, 0.3) is 0 Å². The summed E-state index contributed by atoms with van der Waals surface area (Å²) < 4.78 is 5.50. The first-order valence-corrected chi connectivity index (χ1v) is 35.0. The SMILES string of the molecule is CCCCCCCCCCCCCCCCCCCCC/C=C/C(O)C(CO)NC(=O)CCCCCCCCCCCCCCCCCCCCCCCCCOC(=O)CCCCCCCCCCCCCCCCC. The Morgan fingerprint density at radius 2 is 0.605 bits per heavy atom. The third-order valence-corrected chi connectivity index (χ3v) is 16.6. The highest BCUT2D eigenvalue weighted by molar-refractivity contribution is 5.76. The van der Waals surface area contributed by atoms with E-state index in [1.165, 1.54) is 334 Å². The smallest absolute Gasteiger partial charge is 0.305 e. The predicted molar refractivity (Wildman–Crippen MR) is 333 cm³/mol. The highest BCUT2D eigenvalue weighted by Crippen LogP contribution is 2.19. The number of allylic oxidation sites excluding steroid dienone is 1. The molecule has 6 nitrogen and oxygen atoms in total. The lowest BCUT2D eigenvalue weighted by atomic mass is 10.0. The molecule has 0 aliphatic heterocycles. The van der Waals surface area contributed by atoms with Gasteiger partial charge >= 0.3 is 5.97 Å². The maximum absolute atomic E-state index is 12.5. The van der Waals surface area contributed by atoms with Gasteiger partial charge in [0.15, 0.2) is 0 Å². The number of hydrogen-bond acceptors (Lipinski definition) is 5. The molecule has 76 heavy (non-hydrogen) atoms. The summed E-state index contributed by atoms with van der Waals surface area (Å²) in [5.41, 5.74) is 0. The Morgan fingerprint density at radius 1 is 0.355 bits per heavy atom. The van der Waals surface area contributed by atoms with E-state index in [0.717, 1.165) is 38.5 Å². The first kappa shape index (κ1) is 74.6. The predicted octanol–water partition coefficient (Wildman–Crippen LogP) is 22.4. The van der Waals surface area contributed by atoms with Crippen molar-refractivity contribution in [1.82, 2.24) is 5.32 Å². The van der Waals surface area contributed by atoms with Gasteiger partial charge in [-0.25, -0.2) is 0 Å². The van der Waals surface area contributed by atoms with Gasteiger partial charge in [0, 0.05) is 12.8 Å². The van der Waals surface area contributed by atoms with Crippen LogP contribution in [0.15, 0.2) is 12.2 Å². The van der Waals surface area contributed by atoms with Gasteiger partial charge in [-0.3, -0.25) is 9.59 Å². The van der Waals surface area contributed by atoms with Crippen molar-refractivity contribution in [3.63, 3.8) is 0 Å². The lowest BCUT2D eigenvalue weighted by molar-refractivity contribution is -0.143. The Morgan fingerprint density at radius 3 is 0.895 bits per heavy atom. The van der Waals surface area contributed by atoms with Crippen LogP contribution in [0, 0.1) is 0 Å². The fourth-order valence-corrected chi connectivity index (χ4v) is 11.2. The molecule has 6 heteroatoms. The number of amides is 1. The quantitative estimate of drug-likeness (QED) is 0.0320. The third-order valence-electron chi connectivity index (χ3n) is 16.6. The summed E-state index contributed by atoms with van der Waals surface area (Å²) in [7, 11) is 0. The number of rotatable bonds is 66. The van der Waals surface area contributed by atoms with Crippen LogP contribution in [0.3, 0.4) is 0 Å². The molecule has 0 fully saturated rings. The van der Waals surface area contributed by atoms with E-state index in [1.54, 1.807) is 6.08 Å². The molecule has 0 saturated heterocycles. The van der Waals surface area contributed by atoms with E-state index >= 15 is 0 Å². The summed E-state index contributed by atoms with van der Waals surface area (Å²) in [5, 5.41) is 23.2. The molecule has 0 heterocycles. The topological polar surface area (TPSA) is 95.9 Å². The van der Waals surface area contributed by atoms with Gasteiger partial charge in [-0.1, -0.05) is 366 Å². The van der Waals surface area contributed by atoms with Gasteiger partial charge in [-0.2, -0.15) is 0 Å². The molecule has 452 valence electrons. The minimum atomic E-state index is -0.844. The van der Waals surface area contributed by atoms with Crippen LogP contribution in [-0.4, -0.2) is 47.4 Å². The van der Waals surface area contributed by atoms with Crippen molar-refractivity contribution in [3.8, 4) is 0 Å². The Balaban J connectivity index is 3.39. The van der Waals surface area contributed by atoms with Crippen LogP contribution in [0.5, 0.6) is 0 Å².